The van der Waals surface area contributed by atoms with E-state index in [1.54, 1.807) is 29.1 Å². The van der Waals surface area contributed by atoms with E-state index in [0.717, 1.165) is 16.5 Å². The lowest BCUT2D eigenvalue weighted by Gasteiger charge is -2.10. The third kappa shape index (κ3) is 2.99. The Kier molecular flexibility index (Phi) is 4.04. The Morgan fingerprint density at radius 3 is 2.42 bits per heavy atom. The molecule has 1 aromatic carbocycles. The molecular formula is C17H19N3O3S. The molecule has 2 heterocycles. The molecule has 0 aliphatic carbocycles. The van der Waals surface area contributed by atoms with Crippen LogP contribution in [0.25, 0.3) is 11.0 Å². The van der Waals surface area contributed by atoms with Crippen molar-refractivity contribution in [3.8, 4) is 5.88 Å². The lowest BCUT2D eigenvalue weighted by Crippen LogP contribution is -2.11. The molecule has 0 amide bonds. The number of aryl methyl sites for hydroxylation is 2. The number of hydrogen-bond donors (Lipinski definition) is 0. The molecular weight excluding hydrogens is 326 g/mol. The molecule has 0 bridgehead atoms. The molecule has 7 heteroatoms. The standard InChI is InChI=1S/C17H19N3O3S/c1-11(2)20-17-15(10-18-20)13(4)9-16(19-17)23-24(21,22)14-7-5-12(3)6-8-14/h5-11H,1-4H3. The van der Waals surface area contributed by atoms with Crippen LogP contribution in [0.15, 0.2) is 41.4 Å². The maximum atomic E-state index is 12.4. The fourth-order valence-corrected chi connectivity index (χ4v) is 3.31. The lowest BCUT2D eigenvalue weighted by molar-refractivity contribution is 0.475. The molecule has 0 spiro atoms. The second-order valence-corrected chi connectivity index (χ2v) is 7.59. The first-order valence-corrected chi connectivity index (χ1v) is 9.05. The summed E-state index contributed by atoms with van der Waals surface area (Å²) in [4.78, 5) is 4.45. The van der Waals surface area contributed by atoms with Crippen molar-refractivity contribution in [3.05, 3.63) is 47.7 Å². The second-order valence-electron chi connectivity index (χ2n) is 6.05. The summed E-state index contributed by atoms with van der Waals surface area (Å²) in [5, 5.41) is 5.19. The summed E-state index contributed by atoms with van der Waals surface area (Å²) in [5.41, 5.74) is 2.45. The maximum absolute atomic E-state index is 12.4. The van der Waals surface area contributed by atoms with Crippen molar-refractivity contribution in [1.29, 1.82) is 0 Å². The minimum Gasteiger partial charge on any atom is -0.358 e. The van der Waals surface area contributed by atoms with E-state index in [1.165, 1.54) is 12.1 Å². The third-order valence-electron chi connectivity index (χ3n) is 3.74. The minimum atomic E-state index is -3.92. The molecule has 0 aliphatic heterocycles. The highest BCUT2D eigenvalue weighted by Crippen LogP contribution is 2.25. The van der Waals surface area contributed by atoms with E-state index in [-0.39, 0.29) is 16.8 Å². The van der Waals surface area contributed by atoms with Gasteiger partial charge in [0.15, 0.2) is 5.65 Å². The average Bonchev–Trinajstić information content (AvgIpc) is 2.91. The zero-order valence-electron chi connectivity index (χ0n) is 14.0. The Bertz CT molecular complexity index is 990. The summed E-state index contributed by atoms with van der Waals surface area (Å²) < 4.78 is 31.8. The molecule has 0 aliphatic rings. The summed E-state index contributed by atoms with van der Waals surface area (Å²) in [6, 6.07) is 8.22. The van der Waals surface area contributed by atoms with Crippen molar-refractivity contribution < 1.29 is 12.6 Å². The summed E-state index contributed by atoms with van der Waals surface area (Å²) in [6.07, 6.45) is 1.73. The van der Waals surface area contributed by atoms with Gasteiger partial charge in [0.1, 0.15) is 4.90 Å². The van der Waals surface area contributed by atoms with Crippen LogP contribution in [0, 0.1) is 13.8 Å². The molecule has 3 aromatic rings. The van der Waals surface area contributed by atoms with Gasteiger partial charge >= 0.3 is 10.1 Å². The van der Waals surface area contributed by atoms with Crippen LogP contribution < -0.4 is 4.18 Å². The normalized spacial score (nSPS) is 12.0. The predicted molar refractivity (Wildman–Crippen MR) is 91.6 cm³/mol. The molecule has 0 radical (unpaired) electrons. The van der Waals surface area contributed by atoms with Gasteiger partial charge in [-0.1, -0.05) is 17.7 Å². The van der Waals surface area contributed by atoms with Gasteiger partial charge in [0.05, 0.1) is 6.20 Å². The molecule has 0 saturated heterocycles. The number of rotatable bonds is 4. The van der Waals surface area contributed by atoms with Crippen LogP contribution in [0.1, 0.15) is 31.0 Å². The monoisotopic (exact) mass is 345 g/mol. The zero-order chi connectivity index (χ0) is 17.5. The van der Waals surface area contributed by atoms with Gasteiger partial charge in [-0.25, -0.2) is 4.68 Å². The highest BCUT2D eigenvalue weighted by molar-refractivity contribution is 7.87. The van der Waals surface area contributed by atoms with Gasteiger partial charge in [-0.05, 0) is 45.4 Å². The van der Waals surface area contributed by atoms with Crippen LogP contribution in [-0.2, 0) is 10.1 Å². The predicted octanol–water partition coefficient (Wildman–Crippen LogP) is 3.40. The van der Waals surface area contributed by atoms with Gasteiger partial charge in [-0.2, -0.15) is 18.5 Å². The Morgan fingerprint density at radius 2 is 1.79 bits per heavy atom. The molecule has 126 valence electrons. The van der Waals surface area contributed by atoms with Gasteiger partial charge in [0.2, 0.25) is 5.88 Å². The van der Waals surface area contributed by atoms with Gasteiger partial charge in [-0.3, -0.25) is 0 Å². The first kappa shape index (κ1) is 16.4. The molecule has 0 atom stereocenters. The highest BCUT2D eigenvalue weighted by Gasteiger charge is 2.19. The largest absolute Gasteiger partial charge is 0.358 e. The molecule has 0 unspecified atom stereocenters. The summed E-state index contributed by atoms with van der Waals surface area (Å²) in [7, 11) is -3.92. The Morgan fingerprint density at radius 1 is 1.12 bits per heavy atom. The van der Waals surface area contributed by atoms with Crippen molar-refractivity contribution in [2.75, 3.05) is 0 Å². The van der Waals surface area contributed by atoms with E-state index in [1.807, 2.05) is 27.7 Å². The van der Waals surface area contributed by atoms with Crippen LogP contribution >= 0.6 is 0 Å². The Balaban J connectivity index is 2.03. The van der Waals surface area contributed by atoms with Gasteiger partial charge in [0, 0.05) is 17.5 Å². The number of benzene rings is 1. The fraction of sp³-hybridized carbons (Fsp3) is 0.294. The van der Waals surface area contributed by atoms with E-state index in [9.17, 15) is 8.42 Å². The van der Waals surface area contributed by atoms with Crippen molar-refractivity contribution in [3.63, 3.8) is 0 Å². The minimum absolute atomic E-state index is 0.0444. The molecule has 0 fully saturated rings. The summed E-state index contributed by atoms with van der Waals surface area (Å²) in [5.74, 6) is 0.0444. The number of aromatic nitrogens is 3. The maximum Gasteiger partial charge on any atom is 0.340 e. The van der Waals surface area contributed by atoms with Crippen LogP contribution in [0.5, 0.6) is 5.88 Å². The smallest absolute Gasteiger partial charge is 0.340 e. The van der Waals surface area contributed by atoms with Crippen LogP contribution in [-0.4, -0.2) is 23.2 Å². The molecule has 3 rings (SSSR count). The van der Waals surface area contributed by atoms with Gasteiger partial charge in [0.25, 0.3) is 0 Å². The van der Waals surface area contributed by atoms with E-state index in [0.29, 0.717) is 5.65 Å². The number of hydrogen-bond acceptors (Lipinski definition) is 5. The van der Waals surface area contributed by atoms with Crippen molar-refractivity contribution in [2.24, 2.45) is 0 Å². The first-order valence-electron chi connectivity index (χ1n) is 7.64. The molecule has 0 N–H and O–H groups in total. The van der Waals surface area contributed by atoms with Crippen LogP contribution in [0.3, 0.4) is 0 Å². The van der Waals surface area contributed by atoms with Crippen LogP contribution in [0.4, 0.5) is 0 Å². The van der Waals surface area contributed by atoms with E-state index < -0.39 is 10.1 Å². The first-order chi connectivity index (χ1) is 11.3. The highest BCUT2D eigenvalue weighted by atomic mass is 32.2. The number of fused-ring (bicyclic) bond motifs is 1. The topological polar surface area (TPSA) is 74.1 Å². The summed E-state index contributed by atoms with van der Waals surface area (Å²) in [6.45, 7) is 7.74. The van der Waals surface area contributed by atoms with Gasteiger partial charge in [-0.15, -0.1) is 0 Å². The zero-order valence-corrected chi connectivity index (χ0v) is 14.8. The fourth-order valence-electron chi connectivity index (χ4n) is 2.43. The third-order valence-corrected chi connectivity index (χ3v) is 4.98. The molecule has 2 aromatic heterocycles. The van der Waals surface area contributed by atoms with E-state index in [4.69, 9.17) is 4.18 Å². The Hall–Kier alpha value is -2.41. The molecule has 6 nitrogen and oxygen atoms in total. The number of nitrogens with zero attached hydrogens (tertiary/aromatic N) is 3. The SMILES string of the molecule is Cc1ccc(S(=O)(=O)Oc2cc(C)c3cnn(C(C)C)c3n2)cc1. The van der Waals surface area contributed by atoms with Crippen molar-refractivity contribution >= 4 is 21.2 Å². The van der Waals surface area contributed by atoms with Crippen LogP contribution in [0.2, 0.25) is 0 Å². The van der Waals surface area contributed by atoms with Gasteiger partial charge < -0.3 is 4.18 Å². The molecule has 0 saturated carbocycles. The Labute approximate surface area is 141 Å². The lowest BCUT2D eigenvalue weighted by atomic mass is 10.2. The van der Waals surface area contributed by atoms with E-state index in [2.05, 4.69) is 10.1 Å². The van der Waals surface area contributed by atoms with Crippen molar-refractivity contribution in [2.45, 2.75) is 38.6 Å². The van der Waals surface area contributed by atoms with Crippen molar-refractivity contribution in [1.82, 2.24) is 14.8 Å². The number of pyridine rings is 1. The average molecular weight is 345 g/mol. The quantitative estimate of drug-likeness (QED) is 0.678. The van der Waals surface area contributed by atoms with E-state index >= 15 is 0 Å². The summed E-state index contributed by atoms with van der Waals surface area (Å²) >= 11 is 0. The second kappa shape index (κ2) is 5.90. The molecule has 24 heavy (non-hydrogen) atoms.